The lowest BCUT2D eigenvalue weighted by atomic mass is 10.2. The number of rotatable bonds is 6. The molecule has 112 valence electrons. The fraction of sp³-hybridized carbons (Fsp3) is 0.385. The van der Waals surface area contributed by atoms with Gasteiger partial charge in [0.15, 0.2) is 11.6 Å². The molecule has 1 aromatic heterocycles. The Kier molecular flexibility index (Phi) is 4.36. The van der Waals surface area contributed by atoms with Gasteiger partial charge < -0.3 is 14.6 Å². The number of benzene rings is 1. The molecule has 0 bridgehead atoms. The summed E-state index contributed by atoms with van der Waals surface area (Å²) in [6, 6.07) is 4.59. The lowest BCUT2D eigenvalue weighted by Crippen LogP contribution is -2.08. The average Bonchev–Trinajstić information content (AvgIpc) is 2.81. The number of aromatic nitrogens is 2. The molecule has 2 aromatic rings. The van der Waals surface area contributed by atoms with Crippen LogP contribution in [-0.2, 0) is 6.54 Å². The van der Waals surface area contributed by atoms with E-state index in [9.17, 15) is 10.1 Å². The molecule has 8 heteroatoms. The van der Waals surface area contributed by atoms with Crippen LogP contribution < -0.4 is 10.1 Å². The second kappa shape index (κ2) is 6.21. The van der Waals surface area contributed by atoms with E-state index in [1.165, 1.54) is 6.07 Å². The third-order valence-corrected chi connectivity index (χ3v) is 2.53. The molecule has 21 heavy (non-hydrogen) atoms. The first-order valence-corrected chi connectivity index (χ1v) is 6.44. The Morgan fingerprint density at radius 1 is 1.48 bits per heavy atom. The summed E-state index contributed by atoms with van der Waals surface area (Å²) >= 11 is 0. The largest absolute Gasteiger partial charge is 0.484 e. The first kappa shape index (κ1) is 14.8. The van der Waals surface area contributed by atoms with E-state index in [1.807, 2.05) is 13.8 Å². The minimum absolute atomic E-state index is 0.0668. The van der Waals surface area contributed by atoms with Gasteiger partial charge in [-0.1, -0.05) is 5.16 Å². The van der Waals surface area contributed by atoms with Gasteiger partial charge in [-0.15, -0.1) is 0 Å². The van der Waals surface area contributed by atoms with Gasteiger partial charge in [0.2, 0.25) is 5.89 Å². The van der Waals surface area contributed by atoms with Gasteiger partial charge in [-0.2, -0.15) is 4.98 Å². The Morgan fingerprint density at radius 3 is 2.81 bits per heavy atom. The fourth-order valence-electron chi connectivity index (χ4n) is 1.71. The third kappa shape index (κ3) is 3.91. The smallest absolute Gasteiger partial charge is 0.311 e. The zero-order valence-electron chi connectivity index (χ0n) is 12.0. The van der Waals surface area contributed by atoms with Gasteiger partial charge in [-0.3, -0.25) is 10.1 Å². The zero-order chi connectivity index (χ0) is 15.4. The number of ether oxygens (including phenoxy) is 1. The predicted octanol–water partition coefficient (Wildman–Crippen LogP) is 2.69. The van der Waals surface area contributed by atoms with Crippen molar-refractivity contribution in [2.45, 2.75) is 33.4 Å². The molecule has 8 nitrogen and oxygen atoms in total. The molecule has 1 heterocycles. The molecule has 0 fully saturated rings. The van der Waals surface area contributed by atoms with E-state index >= 15 is 0 Å². The minimum Gasteiger partial charge on any atom is -0.484 e. The molecule has 0 saturated heterocycles. The molecule has 0 amide bonds. The summed E-state index contributed by atoms with van der Waals surface area (Å²) in [5.41, 5.74) is 0.606. The van der Waals surface area contributed by atoms with E-state index < -0.39 is 4.92 Å². The van der Waals surface area contributed by atoms with Gasteiger partial charge in [0.25, 0.3) is 0 Å². The van der Waals surface area contributed by atoms with E-state index in [0.717, 1.165) is 0 Å². The van der Waals surface area contributed by atoms with Crippen molar-refractivity contribution < 1.29 is 14.2 Å². The van der Waals surface area contributed by atoms with Crippen LogP contribution >= 0.6 is 0 Å². The minimum atomic E-state index is -0.469. The molecule has 0 atom stereocenters. The van der Waals surface area contributed by atoms with E-state index in [-0.39, 0.29) is 17.5 Å². The number of aryl methyl sites for hydroxylation is 1. The predicted molar refractivity (Wildman–Crippen MR) is 75.2 cm³/mol. The monoisotopic (exact) mass is 292 g/mol. The lowest BCUT2D eigenvalue weighted by molar-refractivity contribution is -0.386. The van der Waals surface area contributed by atoms with Crippen molar-refractivity contribution in [3.8, 4) is 5.75 Å². The molecular weight excluding hydrogens is 276 g/mol. The Hall–Kier alpha value is -2.64. The van der Waals surface area contributed by atoms with Crippen LogP contribution in [0.4, 0.5) is 11.4 Å². The van der Waals surface area contributed by atoms with Crippen molar-refractivity contribution >= 4 is 11.4 Å². The molecule has 0 aliphatic rings. The standard InChI is InChI=1S/C13H16N4O4/c1-8(2)20-12-6-10(4-5-11(12)17(18)19)14-7-13-15-9(3)16-21-13/h4-6,8,14H,7H2,1-3H3. The Labute approximate surface area is 121 Å². The highest BCUT2D eigenvalue weighted by Gasteiger charge is 2.17. The maximum absolute atomic E-state index is 11.0. The molecule has 2 rings (SSSR count). The lowest BCUT2D eigenvalue weighted by Gasteiger charge is -2.11. The maximum atomic E-state index is 11.0. The second-order valence-corrected chi connectivity index (χ2v) is 4.70. The number of anilines is 1. The summed E-state index contributed by atoms with van der Waals surface area (Å²) in [5.74, 6) is 1.22. The summed E-state index contributed by atoms with van der Waals surface area (Å²) in [6.45, 7) is 5.68. The summed E-state index contributed by atoms with van der Waals surface area (Å²) in [4.78, 5) is 14.6. The van der Waals surface area contributed by atoms with Crippen molar-refractivity contribution in [2.75, 3.05) is 5.32 Å². The van der Waals surface area contributed by atoms with Gasteiger partial charge in [0, 0.05) is 17.8 Å². The molecule has 0 spiro atoms. The van der Waals surface area contributed by atoms with E-state index in [0.29, 0.717) is 23.9 Å². The van der Waals surface area contributed by atoms with E-state index in [1.54, 1.807) is 19.1 Å². The summed E-state index contributed by atoms with van der Waals surface area (Å²) in [7, 11) is 0. The molecule has 0 saturated carbocycles. The maximum Gasteiger partial charge on any atom is 0.311 e. The topological polar surface area (TPSA) is 103 Å². The number of nitro benzene ring substituents is 1. The van der Waals surface area contributed by atoms with Gasteiger partial charge in [0.05, 0.1) is 17.6 Å². The summed E-state index contributed by atoms with van der Waals surface area (Å²) in [6.07, 6.45) is -0.155. The normalized spacial score (nSPS) is 10.7. The van der Waals surface area contributed by atoms with Crippen molar-refractivity contribution in [2.24, 2.45) is 0 Å². The van der Waals surface area contributed by atoms with Gasteiger partial charge >= 0.3 is 5.69 Å². The van der Waals surface area contributed by atoms with Crippen molar-refractivity contribution in [1.29, 1.82) is 0 Å². The number of hydrogen-bond donors (Lipinski definition) is 1. The molecule has 0 unspecified atom stereocenters. The molecule has 0 aliphatic carbocycles. The number of nitrogens with zero attached hydrogens (tertiary/aromatic N) is 3. The molecule has 1 N–H and O–H groups in total. The van der Waals surface area contributed by atoms with Crippen LogP contribution in [0.2, 0.25) is 0 Å². The van der Waals surface area contributed by atoms with Crippen molar-refractivity contribution in [3.63, 3.8) is 0 Å². The van der Waals surface area contributed by atoms with Crippen molar-refractivity contribution in [1.82, 2.24) is 10.1 Å². The van der Waals surface area contributed by atoms with Crippen LogP contribution in [0.5, 0.6) is 5.75 Å². The van der Waals surface area contributed by atoms with Gasteiger partial charge in [0.1, 0.15) is 0 Å². The highest BCUT2D eigenvalue weighted by Crippen LogP contribution is 2.31. The third-order valence-electron chi connectivity index (χ3n) is 2.53. The second-order valence-electron chi connectivity index (χ2n) is 4.70. The number of hydrogen-bond acceptors (Lipinski definition) is 7. The summed E-state index contributed by atoms with van der Waals surface area (Å²) in [5, 5.41) is 17.7. The van der Waals surface area contributed by atoms with E-state index in [2.05, 4.69) is 15.5 Å². The Balaban J connectivity index is 2.14. The Morgan fingerprint density at radius 2 is 2.24 bits per heavy atom. The highest BCUT2D eigenvalue weighted by atomic mass is 16.6. The molecule has 1 aromatic carbocycles. The van der Waals surface area contributed by atoms with Crippen LogP contribution in [0.1, 0.15) is 25.6 Å². The van der Waals surface area contributed by atoms with Gasteiger partial charge in [-0.05, 0) is 26.8 Å². The number of nitro groups is 1. The van der Waals surface area contributed by atoms with Crippen LogP contribution in [0.3, 0.4) is 0 Å². The SMILES string of the molecule is Cc1noc(CNc2ccc([N+](=O)[O-])c(OC(C)C)c2)n1. The fourth-order valence-corrected chi connectivity index (χ4v) is 1.71. The van der Waals surface area contributed by atoms with Crippen LogP contribution in [0.15, 0.2) is 22.7 Å². The van der Waals surface area contributed by atoms with Crippen LogP contribution in [0, 0.1) is 17.0 Å². The highest BCUT2D eigenvalue weighted by molar-refractivity contribution is 5.58. The van der Waals surface area contributed by atoms with Crippen LogP contribution in [-0.4, -0.2) is 21.2 Å². The molecule has 0 radical (unpaired) electrons. The zero-order valence-corrected chi connectivity index (χ0v) is 12.0. The van der Waals surface area contributed by atoms with Crippen LogP contribution in [0.25, 0.3) is 0 Å². The molecule has 0 aliphatic heterocycles. The molecular formula is C13H16N4O4. The quantitative estimate of drug-likeness (QED) is 0.644. The van der Waals surface area contributed by atoms with Gasteiger partial charge in [-0.25, -0.2) is 0 Å². The van der Waals surface area contributed by atoms with Crippen molar-refractivity contribution in [3.05, 3.63) is 40.0 Å². The summed E-state index contributed by atoms with van der Waals surface area (Å²) < 4.78 is 10.5. The van der Waals surface area contributed by atoms with E-state index in [4.69, 9.17) is 9.26 Å². The Bertz CT molecular complexity index is 639. The average molecular weight is 292 g/mol. The number of nitrogens with one attached hydrogen (secondary N) is 1. The first-order chi connectivity index (χ1) is 9.95. The first-order valence-electron chi connectivity index (χ1n) is 6.44.